The molecule has 0 aromatic rings. The maximum absolute atomic E-state index is 10.3. The van der Waals surface area contributed by atoms with Crippen molar-refractivity contribution in [1.82, 2.24) is 0 Å². The number of rotatable bonds is 33. The zero-order valence-corrected chi connectivity index (χ0v) is 31.3. The molecule has 11 nitrogen and oxygen atoms in total. The first-order valence-corrected chi connectivity index (χ1v) is 18.4. The van der Waals surface area contributed by atoms with Crippen LogP contribution in [0.25, 0.3) is 0 Å². The van der Waals surface area contributed by atoms with Gasteiger partial charge in [-0.1, -0.05) is 91.9 Å². The molecule has 0 rings (SSSR count). The fourth-order valence-corrected chi connectivity index (χ4v) is 3.43. The van der Waals surface area contributed by atoms with Gasteiger partial charge in [0.25, 0.3) is 0 Å². The molecule has 0 radical (unpaired) electrons. The Hall–Kier alpha value is -0.890. The van der Waals surface area contributed by atoms with Crippen LogP contribution in [-0.4, -0.2) is 127 Å². The molecule has 0 aliphatic carbocycles. The van der Waals surface area contributed by atoms with E-state index in [1.807, 2.05) is 0 Å². The summed E-state index contributed by atoms with van der Waals surface area (Å²) in [5.74, 6) is -0.271. The third-order valence-corrected chi connectivity index (χ3v) is 6.05. The summed E-state index contributed by atoms with van der Waals surface area (Å²) in [6, 6.07) is 0. The highest BCUT2D eigenvalue weighted by Crippen LogP contribution is 2.02. The van der Waals surface area contributed by atoms with Crippen LogP contribution in [0.1, 0.15) is 125 Å². The second kappa shape index (κ2) is 57.4. The van der Waals surface area contributed by atoms with Gasteiger partial charge in [-0.15, -0.1) is 0 Å². The molecule has 0 aromatic carbocycles. The lowest BCUT2D eigenvalue weighted by Crippen LogP contribution is -2.11. The van der Waals surface area contributed by atoms with Gasteiger partial charge in [0.15, 0.2) is 0 Å². The van der Waals surface area contributed by atoms with E-state index in [9.17, 15) is 4.79 Å². The zero-order valence-electron chi connectivity index (χ0n) is 31.3. The molecule has 0 aliphatic rings. The number of carbonyl (C=O) groups excluding carboxylic acids is 1. The molecular weight excluding hydrogens is 608 g/mol. The summed E-state index contributed by atoms with van der Waals surface area (Å²) >= 11 is 0. The van der Waals surface area contributed by atoms with Crippen molar-refractivity contribution in [3.8, 4) is 0 Å². The predicted molar refractivity (Wildman–Crippen MR) is 190 cm³/mol. The van der Waals surface area contributed by atoms with E-state index in [0.717, 1.165) is 45.7 Å². The third kappa shape index (κ3) is 72.1. The van der Waals surface area contributed by atoms with Gasteiger partial charge in [-0.05, 0) is 25.7 Å². The topological polar surface area (TPSA) is 142 Å². The highest BCUT2D eigenvalue weighted by Gasteiger charge is 1.94. The lowest BCUT2D eigenvalue weighted by molar-refractivity contribution is -0.142. The van der Waals surface area contributed by atoms with Crippen LogP contribution in [0, 0.1) is 0 Å². The number of hydrogen-bond donors (Lipinski definition) is 3. The van der Waals surface area contributed by atoms with E-state index < -0.39 is 0 Å². The molecule has 288 valence electrons. The van der Waals surface area contributed by atoms with Crippen LogP contribution in [0.2, 0.25) is 0 Å². The minimum atomic E-state index is -0.271. The second-order valence-electron chi connectivity index (χ2n) is 10.7. The van der Waals surface area contributed by atoms with Gasteiger partial charge in [0, 0.05) is 33.4 Å². The first-order chi connectivity index (χ1) is 23.0. The van der Waals surface area contributed by atoms with Gasteiger partial charge < -0.3 is 48.5 Å². The van der Waals surface area contributed by atoms with E-state index in [2.05, 4.69) is 37.2 Å². The average Bonchev–Trinajstić information content (AvgIpc) is 3.07. The molecule has 0 saturated carbocycles. The van der Waals surface area contributed by atoms with Crippen LogP contribution < -0.4 is 0 Å². The standard InChI is InChI=1S/C12H26O.C10H20O4.C10H22O3.C4H10O3/c1-3-5-7-9-11-13-12-10-8-6-4-2;1-3-4-5-12-6-7-13-8-9-14-10(2)11;1-2-3-4-5-7-12-9-10-13-8-6-11;5-1-3-7-4-2-6/h3-12H2,1-2H3;3-9H2,1-2H3;11H,2-10H2,1H3;5-6H,1-4H2. The fraction of sp³-hybridized carbons (Fsp3) is 0.972. The fourth-order valence-electron chi connectivity index (χ4n) is 3.43. The Morgan fingerprint density at radius 2 is 0.638 bits per heavy atom. The summed E-state index contributed by atoms with van der Waals surface area (Å²) in [6.07, 6.45) is 17.7. The predicted octanol–water partition coefficient (Wildman–Crippen LogP) is 6.13. The molecule has 11 heteroatoms. The van der Waals surface area contributed by atoms with Gasteiger partial charge in [0.2, 0.25) is 0 Å². The van der Waals surface area contributed by atoms with E-state index in [0.29, 0.717) is 59.5 Å². The number of unbranched alkanes of at least 4 members (excludes halogenated alkanes) is 10. The lowest BCUT2D eigenvalue weighted by atomic mass is 10.2. The summed E-state index contributed by atoms with van der Waals surface area (Å²) in [4.78, 5) is 10.3. The van der Waals surface area contributed by atoms with Gasteiger partial charge in [-0.2, -0.15) is 0 Å². The summed E-state index contributed by atoms with van der Waals surface area (Å²) in [5, 5.41) is 24.6. The molecule has 0 aliphatic heterocycles. The van der Waals surface area contributed by atoms with Crippen molar-refractivity contribution in [2.24, 2.45) is 0 Å². The lowest BCUT2D eigenvalue weighted by Gasteiger charge is -2.05. The van der Waals surface area contributed by atoms with E-state index >= 15 is 0 Å². The van der Waals surface area contributed by atoms with Crippen molar-refractivity contribution in [1.29, 1.82) is 0 Å². The number of carbonyl (C=O) groups is 1. The number of esters is 1. The zero-order chi connectivity index (χ0) is 35.7. The van der Waals surface area contributed by atoms with Gasteiger partial charge in [-0.3, -0.25) is 4.79 Å². The summed E-state index contributed by atoms with van der Waals surface area (Å²) in [6.45, 7) is 18.2. The molecule has 0 aromatic heterocycles. The number of hydrogen-bond acceptors (Lipinski definition) is 11. The van der Waals surface area contributed by atoms with Crippen LogP contribution in [0.4, 0.5) is 0 Å². The second-order valence-corrected chi connectivity index (χ2v) is 10.7. The van der Waals surface area contributed by atoms with Crippen molar-refractivity contribution >= 4 is 5.97 Å². The summed E-state index contributed by atoms with van der Waals surface area (Å²) < 4.78 is 35.6. The van der Waals surface area contributed by atoms with Crippen molar-refractivity contribution in [2.75, 3.05) is 106 Å². The molecule has 47 heavy (non-hydrogen) atoms. The first-order valence-electron chi connectivity index (χ1n) is 18.4. The third-order valence-electron chi connectivity index (χ3n) is 6.05. The minimum Gasteiger partial charge on any atom is -0.463 e. The summed E-state index contributed by atoms with van der Waals surface area (Å²) in [7, 11) is 0. The Balaban J connectivity index is -0.000000269. The van der Waals surface area contributed by atoms with Crippen LogP contribution in [0.5, 0.6) is 0 Å². The maximum Gasteiger partial charge on any atom is 0.302 e. The van der Waals surface area contributed by atoms with E-state index in [-0.39, 0.29) is 25.8 Å². The van der Waals surface area contributed by atoms with Crippen LogP contribution in [0.15, 0.2) is 0 Å². The molecule has 0 fully saturated rings. The Morgan fingerprint density at radius 3 is 0.979 bits per heavy atom. The van der Waals surface area contributed by atoms with Crippen molar-refractivity contribution in [3.63, 3.8) is 0 Å². The number of ether oxygens (including phenoxy) is 7. The SMILES string of the molecule is CCCCCCOCCCCCC.CCCCCCOCCOCCO.CCCCOCCOCCOC(C)=O.OCCOCCO. The van der Waals surface area contributed by atoms with Crippen molar-refractivity contribution in [2.45, 2.75) is 125 Å². The number of aliphatic hydroxyl groups excluding tert-OH is 3. The largest absolute Gasteiger partial charge is 0.463 e. The van der Waals surface area contributed by atoms with Crippen LogP contribution >= 0.6 is 0 Å². The quantitative estimate of drug-likeness (QED) is 0.0542. The van der Waals surface area contributed by atoms with Gasteiger partial charge in [-0.25, -0.2) is 0 Å². The summed E-state index contributed by atoms with van der Waals surface area (Å²) in [5.41, 5.74) is 0. The molecule has 0 bridgehead atoms. The normalized spacial score (nSPS) is 10.3. The van der Waals surface area contributed by atoms with Crippen molar-refractivity contribution < 1.29 is 53.3 Å². The van der Waals surface area contributed by atoms with Gasteiger partial charge in [0.05, 0.1) is 72.7 Å². The molecule has 0 saturated heterocycles. The van der Waals surface area contributed by atoms with E-state index in [1.165, 1.54) is 77.6 Å². The van der Waals surface area contributed by atoms with Crippen LogP contribution in [0.3, 0.4) is 0 Å². The molecule has 0 atom stereocenters. The highest BCUT2D eigenvalue weighted by molar-refractivity contribution is 5.65. The van der Waals surface area contributed by atoms with Gasteiger partial charge >= 0.3 is 5.97 Å². The molecule has 0 heterocycles. The molecular formula is C36H78O11. The molecule has 3 N–H and O–H groups in total. The van der Waals surface area contributed by atoms with E-state index in [4.69, 9.17) is 39.0 Å². The molecule has 0 amide bonds. The van der Waals surface area contributed by atoms with Crippen molar-refractivity contribution in [3.05, 3.63) is 0 Å². The monoisotopic (exact) mass is 687 g/mol. The highest BCUT2D eigenvalue weighted by atomic mass is 16.6. The molecule has 0 spiro atoms. The smallest absolute Gasteiger partial charge is 0.302 e. The van der Waals surface area contributed by atoms with Crippen LogP contribution in [-0.2, 0) is 38.0 Å². The first kappa shape index (κ1) is 52.9. The molecule has 0 unspecified atom stereocenters. The Kier molecular flexibility index (Phi) is 64.6. The number of aliphatic hydroxyl groups is 3. The minimum absolute atomic E-state index is 0.0278. The van der Waals surface area contributed by atoms with E-state index in [1.54, 1.807) is 0 Å². The van der Waals surface area contributed by atoms with Gasteiger partial charge in [0.1, 0.15) is 6.61 Å². The Morgan fingerprint density at radius 1 is 0.362 bits per heavy atom. The Bertz CT molecular complexity index is 454. The average molecular weight is 687 g/mol. The Labute approximate surface area is 289 Å². The maximum atomic E-state index is 10.3.